The highest BCUT2D eigenvalue weighted by molar-refractivity contribution is 5.96. The number of nitrogens with one attached hydrogen (secondary N) is 2. The third-order valence-corrected chi connectivity index (χ3v) is 3.25. The average Bonchev–Trinajstić information content (AvgIpc) is 2.57. The Balaban J connectivity index is 1.91. The monoisotopic (exact) mass is 334 g/mol. The van der Waals surface area contributed by atoms with E-state index in [9.17, 15) is 23.5 Å². The molecule has 0 saturated carbocycles. The van der Waals surface area contributed by atoms with E-state index in [2.05, 4.69) is 10.6 Å². The largest absolute Gasteiger partial charge is 0.394 e. The number of aliphatic hydroxyl groups excluding tert-OH is 1. The van der Waals surface area contributed by atoms with Crippen molar-refractivity contribution in [3.8, 4) is 0 Å². The summed E-state index contributed by atoms with van der Waals surface area (Å²) in [7, 11) is 0. The molecule has 0 saturated heterocycles. The first-order valence-electron chi connectivity index (χ1n) is 7.19. The van der Waals surface area contributed by atoms with E-state index in [1.165, 1.54) is 0 Å². The molecule has 2 aromatic rings. The molecule has 2 aromatic carbocycles. The van der Waals surface area contributed by atoms with Crippen molar-refractivity contribution in [2.75, 3.05) is 13.2 Å². The van der Waals surface area contributed by atoms with Gasteiger partial charge in [-0.15, -0.1) is 0 Å². The number of carbonyl (C=O) groups excluding carboxylic acids is 2. The number of hydrogen-bond donors (Lipinski definition) is 3. The van der Waals surface area contributed by atoms with Gasteiger partial charge in [0.05, 0.1) is 19.2 Å². The van der Waals surface area contributed by atoms with Crippen molar-refractivity contribution in [2.24, 2.45) is 0 Å². The minimum atomic E-state index is -0.881. The second-order valence-electron chi connectivity index (χ2n) is 5.05. The second-order valence-corrected chi connectivity index (χ2v) is 5.05. The molecule has 7 heteroatoms. The molecule has 24 heavy (non-hydrogen) atoms. The first kappa shape index (κ1) is 17.6. The lowest BCUT2D eigenvalue weighted by Gasteiger charge is -2.17. The van der Waals surface area contributed by atoms with Crippen molar-refractivity contribution in [2.45, 2.75) is 6.04 Å². The molecule has 0 aliphatic heterocycles. The fourth-order valence-electron chi connectivity index (χ4n) is 2.11. The Morgan fingerprint density at radius 2 is 1.67 bits per heavy atom. The number of benzene rings is 2. The molecule has 0 unspecified atom stereocenters. The predicted octanol–water partition coefficient (Wildman–Crippen LogP) is 1.54. The highest BCUT2D eigenvalue weighted by Gasteiger charge is 2.15. The summed E-state index contributed by atoms with van der Waals surface area (Å²) in [5.74, 6) is -3.07. The van der Waals surface area contributed by atoms with Gasteiger partial charge in [-0.2, -0.15) is 0 Å². The first-order chi connectivity index (χ1) is 11.5. The van der Waals surface area contributed by atoms with Crippen molar-refractivity contribution in [3.05, 3.63) is 71.3 Å². The maximum Gasteiger partial charge on any atom is 0.251 e. The van der Waals surface area contributed by atoms with Crippen molar-refractivity contribution in [1.29, 1.82) is 0 Å². The van der Waals surface area contributed by atoms with Crippen molar-refractivity contribution in [1.82, 2.24) is 10.6 Å². The van der Waals surface area contributed by atoms with Gasteiger partial charge in [-0.25, -0.2) is 8.78 Å². The van der Waals surface area contributed by atoms with E-state index < -0.39 is 29.5 Å². The van der Waals surface area contributed by atoms with Crippen LogP contribution in [0, 0.1) is 11.6 Å². The fraction of sp³-hybridized carbons (Fsp3) is 0.176. The molecule has 0 aliphatic carbocycles. The number of rotatable bonds is 6. The number of halogens is 2. The molecule has 2 amide bonds. The van der Waals surface area contributed by atoms with Crippen LogP contribution < -0.4 is 10.6 Å². The van der Waals surface area contributed by atoms with Crippen LogP contribution in [0.25, 0.3) is 0 Å². The molecule has 0 aromatic heterocycles. The Morgan fingerprint density at radius 1 is 1.04 bits per heavy atom. The van der Waals surface area contributed by atoms with Gasteiger partial charge in [-0.3, -0.25) is 9.59 Å². The molecular weight excluding hydrogens is 318 g/mol. The van der Waals surface area contributed by atoms with Gasteiger partial charge in [0.25, 0.3) is 5.91 Å². The van der Waals surface area contributed by atoms with E-state index in [0.29, 0.717) is 11.6 Å². The van der Waals surface area contributed by atoms with Crippen LogP contribution in [0.1, 0.15) is 22.0 Å². The summed E-state index contributed by atoms with van der Waals surface area (Å²) in [5, 5.41) is 14.2. The molecule has 0 heterocycles. The van der Waals surface area contributed by atoms with Crippen molar-refractivity contribution in [3.63, 3.8) is 0 Å². The van der Waals surface area contributed by atoms with Crippen LogP contribution in [0.5, 0.6) is 0 Å². The zero-order valence-corrected chi connectivity index (χ0v) is 12.6. The molecule has 2 rings (SSSR count). The Kier molecular flexibility index (Phi) is 5.97. The van der Waals surface area contributed by atoms with Crippen LogP contribution in [-0.4, -0.2) is 30.1 Å². The zero-order valence-electron chi connectivity index (χ0n) is 12.6. The maximum atomic E-state index is 13.1. The van der Waals surface area contributed by atoms with E-state index in [1.807, 2.05) is 0 Å². The number of aliphatic hydroxyl groups is 1. The normalized spacial score (nSPS) is 11.6. The van der Waals surface area contributed by atoms with Crippen LogP contribution >= 0.6 is 0 Å². The van der Waals surface area contributed by atoms with E-state index in [4.69, 9.17) is 0 Å². The fourth-order valence-corrected chi connectivity index (χ4v) is 2.11. The summed E-state index contributed by atoms with van der Waals surface area (Å²) in [6, 6.07) is 10.6. The number of hydrogen-bond acceptors (Lipinski definition) is 3. The van der Waals surface area contributed by atoms with E-state index >= 15 is 0 Å². The molecule has 1 atom stereocenters. The van der Waals surface area contributed by atoms with E-state index in [-0.39, 0.29) is 18.7 Å². The molecule has 0 fully saturated rings. The lowest BCUT2D eigenvalue weighted by Crippen LogP contribution is -2.39. The van der Waals surface area contributed by atoms with Gasteiger partial charge >= 0.3 is 0 Å². The SMILES string of the molecule is O=C(CNC(=O)c1cc(F)cc(F)c1)N[C@H](CO)c1ccccc1. The molecule has 0 aliphatic rings. The van der Waals surface area contributed by atoms with Crippen LogP contribution in [0.4, 0.5) is 8.78 Å². The minimum absolute atomic E-state index is 0.220. The number of amides is 2. The summed E-state index contributed by atoms with van der Waals surface area (Å²) < 4.78 is 26.1. The maximum absolute atomic E-state index is 13.1. The van der Waals surface area contributed by atoms with Crippen molar-refractivity contribution < 1.29 is 23.5 Å². The molecule has 0 radical (unpaired) electrons. The van der Waals surface area contributed by atoms with Gasteiger partial charge in [0, 0.05) is 11.6 Å². The summed E-state index contributed by atoms with van der Waals surface area (Å²) in [6.07, 6.45) is 0. The Morgan fingerprint density at radius 3 is 2.25 bits per heavy atom. The summed E-state index contributed by atoms with van der Waals surface area (Å²) >= 11 is 0. The highest BCUT2D eigenvalue weighted by atomic mass is 19.1. The van der Waals surface area contributed by atoms with E-state index in [0.717, 1.165) is 12.1 Å². The van der Waals surface area contributed by atoms with Crippen LogP contribution in [0.15, 0.2) is 48.5 Å². The second kappa shape index (κ2) is 8.16. The van der Waals surface area contributed by atoms with Gasteiger partial charge < -0.3 is 15.7 Å². The lowest BCUT2D eigenvalue weighted by atomic mass is 10.1. The van der Waals surface area contributed by atoms with Gasteiger partial charge in [0.15, 0.2) is 0 Å². The third kappa shape index (κ3) is 4.85. The standard InChI is InChI=1S/C17H16F2N2O3/c18-13-6-12(7-14(19)8-13)17(24)20-9-16(23)21-15(10-22)11-4-2-1-3-5-11/h1-8,15,22H,9-10H2,(H,20,24)(H,21,23)/t15-/m1/s1. The highest BCUT2D eigenvalue weighted by Crippen LogP contribution is 2.11. The lowest BCUT2D eigenvalue weighted by molar-refractivity contribution is -0.121. The predicted molar refractivity (Wildman–Crippen MR) is 83.1 cm³/mol. The third-order valence-electron chi connectivity index (χ3n) is 3.25. The Hall–Kier alpha value is -2.80. The van der Waals surface area contributed by atoms with Gasteiger partial charge in [0.2, 0.25) is 5.91 Å². The summed E-state index contributed by atoms with van der Waals surface area (Å²) in [5.41, 5.74) is 0.494. The Labute approximate surface area is 137 Å². The molecule has 5 nitrogen and oxygen atoms in total. The van der Waals surface area contributed by atoms with Crippen LogP contribution in [0.3, 0.4) is 0 Å². The molecule has 0 bridgehead atoms. The zero-order chi connectivity index (χ0) is 17.5. The van der Waals surface area contributed by atoms with E-state index in [1.54, 1.807) is 30.3 Å². The van der Waals surface area contributed by atoms with Gasteiger partial charge in [0.1, 0.15) is 11.6 Å². The van der Waals surface area contributed by atoms with Gasteiger partial charge in [-0.1, -0.05) is 30.3 Å². The molecule has 126 valence electrons. The first-order valence-corrected chi connectivity index (χ1v) is 7.19. The quantitative estimate of drug-likeness (QED) is 0.750. The smallest absolute Gasteiger partial charge is 0.251 e. The molecule has 3 N–H and O–H groups in total. The average molecular weight is 334 g/mol. The van der Waals surface area contributed by atoms with Gasteiger partial charge in [-0.05, 0) is 17.7 Å². The van der Waals surface area contributed by atoms with Crippen molar-refractivity contribution >= 4 is 11.8 Å². The minimum Gasteiger partial charge on any atom is -0.394 e. The van der Waals surface area contributed by atoms with Crippen LogP contribution in [0.2, 0.25) is 0 Å². The number of carbonyl (C=O) groups is 2. The summed E-state index contributed by atoms with van der Waals surface area (Å²) in [6.45, 7) is -0.695. The summed E-state index contributed by atoms with van der Waals surface area (Å²) in [4.78, 5) is 23.7. The molecular formula is C17H16F2N2O3. The Bertz CT molecular complexity index is 703. The topological polar surface area (TPSA) is 78.4 Å². The van der Waals surface area contributed by atoms with Crippen LogP contribution in [-0.2, 0) is 4.79 Å². The molecule has 0 spiro atoms.